The van der Waals surface area contributed by atoms with Crippen LogP contribution in [0.1, 0.15) is 56.9 Å². The Morgan fingerprint density at radius 3 is 2.38 bits per heavy atom. The second-order valence-corrected chi connectivity index (χ2v) is 7.51. The molecule has 130 valence electrons. The van der Waals surface area contributed by atoms with Gasteiger partial charge in [0.25, 0.3) is 5.79 Å². The van der Waals surface area contributed by atoms with Crippen molar-refractivity contribution in [1.29, 1.82) is 0 Å². The van der Waals surface area contributed by atoms with E-state index in [1.54, 1.807) is 0 Å². The molecule has 0 spiro atoms. The van der Waals surface area contributed by atoms with Gasteiger partial charge >= 0.3 is 0 Å². The van der Waals surface area contributed by atoms with Gasteiger partial charge in [0.1, 0.15) is 12.0 Å². The van der Waals surface area contributed by atoms with Crippen molar-refractivity contribution in [3.05, 3.63) is 47.9 Å². The highest BCUT2D eigenvalue weighted by atomic mass is 16.7. The van der Waals surface area contributed by atoms with E-state index >= 15 is 0 Å². The summed E-state index contributed by atoms with van der Waals surface area (Å²) in [5.41, 5.74) is 1.17. The van der Waals surface area contributed by atoms with E-state index in [4.69, 9.17) is 9.47 Å². The highest BCUT2D eigenvalue weighted by Crippen LogP contribution is 2.47. The maximum atomic E-state index is 6.57. The van der Waals surface area contributed by atoms with Crippen molar-refractivity contribution in [1.82, 2.24) is 4.90 Å². The molecule has 1 atom stereocenters. The normalized spacial score (nSPS) is 28.9. The summed E-state index contributed by atoms with van der Waals surface area (Å²) in [6.45, 7) is 3.26. The smallest absolute Gasteiger partial charge is 0.279 e. The number of hydrogen-bond acceptors (Lipinski definition) is 3. The molecule has 0 bridgehead atoms. The number of ether oxygens (including phenoxy) is 2. The number of nitrogens with zero attached hydrogens (tertiary/aromatic N) is 1. The van der Waals surface area contributed by atoms with Gasteiger partial charge in [-0.15, -0.1) is 0 Å². The molecule has 3 heteroatoms. The van der Waals surface area contributed by atoms with E-state index < -0.39 is 5.79 Å². The van der Waals surface area contributed by atoms with Crippen LogP contribution in [0.2, 0.25) is 0 Å². The van der Waals surface area contributed by atoms with Crippen LogP contribution in [0.25, 0.3) is 0 Å². The van der Waals surface area contributed by atoms with Gasteiger partial charge in [0.2, 0.25) is 0 Å². The lowest BCUT2D eigenvalue weighted by Crippen LogP contribution is -2.39. The van der Waals surface area contributed by atoms with Crippen LogP contribution in [-0.2, 0) is 15.3 Å². The molecule has 1 saturated heterocycles. The first kappa shape index (κ1) is 16.0. The highest BCUT2D eigenvalue weighted by molar-refractivity contribution is 5.24. The van der Waals surface area contributed by atoms with Crippen LogP contribution in [0.4, 0.5) is 0 Å². The summed E-state index contributed by atoms with van der Waals surface area (Å²) < 4.78 is 12.9. The third kappa shape index (κ3) is 3.19. The first-order chi connectivity index (χ1) is 11.9. The van der Waals surface area contributed by atoms with E-state index in [1.165, 1.54) is 70.0 Å². The number of rotatable bonds is 4. The Kier molecular flexibility index (Phi) is 4.79. The van der Waals surface area contributed by atoms with Gasteiger partial charge in [-0.05, 0) is 38.8 Å². The van der Waals surface area contributed by atoms with Crippen LogP contribution in [-0.4, -0.2) is 24.5 Å². The number of hydrogen-bond donors (Lipinski definition) is 0. The third-order valence-corrected chi connectivity index (χ3v) is 5.80. The summed E-state index contributed by atoms with van der Waals surface area (Å²) in [4.78, 5) is 2.50. The maximum Gasteiger partial charge on any atom is 0.279 e. The zero-order chi connectivity index (χ0) is 16.2. The van der Waals surface area contributed by atoms with Crippen molar-refractivity contribution >= 4 is 0 Å². The van der Waals surface area contributed by atoms with Crippen molar-refractivity contribution < 1.29 is 9.47 Å². The average molecular weight is 327 g/mol. The number of piperidine rings is 1. The fourth-order valence-electron chi connectivity index (χ4n) is 4.50. The van der Waals surface area contributed by atoms with Crippen LogP contribution in [0, 0.1) is 5.92 Å². The SMILES string of the molecule is C1=C(CN2CCCCC2)OC(c2ccccc2)(C2CCCCC2)O1. The predicted molar refractivity (Wildman–Crippen MR) is 95.2 cm³/mol. The molecule has 1 aromatic rings. The summed E-state index contributed by atoms with van der Waals surface area (Å²) in [6, 6.07) is 10.6. The molecule has 0 N–H and O–H groups in total. The van der Waals surface area contributed by atoms with Gasteiger partial charge in [0, 0.05) is 11.5 Å². The average Bonchev–Trinajstić information content (AvgIpc) is 3.09. The molecule has 4 rings (SSSR count). The largest absolute Gasteiger partial charge is 0.452 e. The van der Waals surface area contributed by atoms with Gasteiger partial charge in [-0.25, -0.2) is 0 Å². The van der Waals surface area contributed by atoms with Crippen molar-refractivity contribution in [3.8, 4) is 0 Å². The summed E-state index contributed by atoms with van der Waals surface area (Å²) in [6.07, 6.45) is 12.2. The lowest BCUT2D eigenvalue weighted by molar-refractivity contribution is -0.205. The molecule has 2 aliphatic heterocycles. The lowest BCUT2D eigenvalue weighted by Gasteiger charge is -2.38. The van der Waals surface area contributed by atoms with Crippen molar-refractivity contribution in [2.75, 3.05) is 19.6 Å². The van der Waals surface area contributed by atoms with E-state index in [2.05, 4.69) is 35.2 Å². The van der Waals surface area contributed by atoms with Gasteiger partial charge in [0.15, 0.2) is 0 Å². The Morgan fingerprint density at radius 1 is 0.917 bits per heavy atom. The monoisotopic (exact) mass is 327 g/mol. The van der Waals surface area contributed by atoms with Gasteiger partial charge in [-0.3, -0.25) is 4.90 Å². The minimum Gasteiger partial charge on any atom is -0.452 e. The molecule has 0 radical (unpaired) electrons. The van der Waals surface area contributed by atoms with Gasteiger partial charge in [-0.1, -0.05) is 56.0 Å². The first-order valence-electron chi connectivity index (χ1n) is 9.70. The fraction of sp³-hybridized carbons (Fsp3) is 0.619. The molecule has 1 unspecified atom stereocenters. The molecule has 1 aromatic carbocycles. The standard InChI is InChI=1S/C21H29NO2/c1-4-10-18(11-5-1)21(19-12-6-2-7-13-19)23-17-20(24-21)16-22-14-8-3-9-15-22/h1,4-5,10-11,17,19H,2-3,6-9,12-16H2. The molecule has 2 heterocycles. The molecular formula is C21H29NO2. The Morgan fingerprint density at radius 2 is 1.62 bits per heavy atom. The van der Waals surface area contributed by atoms with Crippen molar-refractivity contribution in [3.63, 3.8) is 0 Å². The topological polar surface area (TPSA) is 21.7 Å². The zero-order valence-corrected chi connectivity index (χ0v) is 14.6. The minimum absolute atomic E-state index is 0.448. The quantitative estimate of drug-likeness (QED) is 0.793. The maximum absolute atomic E-state index is 6.57. The van der Waals surface area contributed by atoms with E-state index in [-0.39, 0.29) is 0 Å². The Hall–Kier alpha value is -1.48. The summed E-state index contributed by atoms with van der Waals surface area (Å²) in [5, 5.41) is 0. The van der Waals surface area contributed by atoms with Crippen LogP contribution < -0.4 is 0 Å². The zero-order valence-electron chi connectivity index (χ0n) is 14.6. The molecule has 0 amide bonds. The summed E-state index contributed by atoms with van der Waals surface area (Å²) in [5.74, 6) is 0.863. The van der Waals surface area contributed by atoms with E-state index in [0.717, 1.165) is 12.3 Å². The Balaban J connectivity index is 1.52. The second-order valence-electron chi connectivity index (χ2n) is 7.51. The molecule has 2 fully saturated rings. The number of benzene rings is 1. The van der Waals surface area contributed by atoms with Crippen LogP contribution in [0.3, 0.4) is 0 Å². The predicted octanol–water partition coefficient (Wildman–Crippen LogP) is 4.79. The number of likely N-dealkylation sites (tertiary alicyclic amines) is 1. The first-order valence-corrected chi connectivity index (χ1v) is 9.70. The van der Waals surface area contributed by atoms with E-state index in [1.807, 2.05) is 6.26 Å². The minimum atomic E-state index is -0.590. The van der Waals surface area contributed by atoms with Gasteiger partial charge < -0.3 is 9.47 Å². The van der Waals surface area contributed by atoms with Crippen molar-refractivity contribution in [2.24, 2.45) is 5.92 Å². The second kappa shape index (κ2) is 7.18. The van der Waals surface area contributed by atoms with E-state index in [0.29, 0.717) is 5.92 Å². The molecule has 3 aliphatic rings. The summed E-state index contributed by atoms with van der Waals surface area (Å²) in [7, 11) is 0. The van der Waals surface area contributed by atoms with Crippen LogP contribution >= 0.6 is 0 Å². The van der Waals surface area contributed by atoms with Gasteiger partial charge in [0.05, 0.1) is 6.54 Å². The van der Waals surface area contributed by atoms with E-state index in [9.17, 15) is 0 Å². The summed E-state index contributed by atoms with van der Waals surface area (Å²) >= 11 is 0. The Labute approximate surface area is 145 Å². The fourth-order valence-corrected chi connectivity index (χ4v) is 4.50. The molecule has 3 nitrogen and oxygen atoms in total. The van der Waals surface area contributed by atoms with Gasteiger partial charge in [-0.2, -0.15) is 0 Å². The molecule has 24 heavy (non-hydrogen) atoms. The Bertz CT molecular complexity index is 558. The molecular weight excluding hydrogens is 298 g/mol. The molecule has 0 aromatic heterocycles. The molecule has 1 saturated carbocycles. The lowest BCUT2D eigenvalue weighted by atomic mass is 9.80. The van der Waals surface area contributed by atoms with Crippen LogP contribution in [0.15, 0.2) is 42.4 Å². The van der Waals surface area contributed by atoms with Crippen molar-refractivity contribution in [2.45, 2.75) is 57.2 Å². The third-order valence-electron chi connectivity index (χ3n) is 5.80. The van der Waals surface area contributed by atoms with Crippen LogP contribution in [0.5, 0.6) is 0 Å². The molecule has 1 aliphatic carbocycles. The highest BCUT2D eigenvalue weighted by Gasteiger charge is 2.48.